The second-order valence-corrected chi connectivity index (χ2v) is 5.01. The van der Waals surface area contributed by atoms with Gasteiger partial charge in [0.25, 0.3) is 0 Å². The van der Waals surface area contributed by atoms with E-state index in [0.717, 1.165) is 13.0 Å². The van der Waals surface area contributed by atoms with E-state index in [9.17, 15) is 4.79 Å². The van der Waals surface area contributed by atoms with Crippen molar-refractivity contribution >= 4 is 23.7 Å². The van der Waals surface area contributed by atoms with Gasteiger partial charge in [-0.3, -0.25) is 4.79 Å². The Morgan fingerprint density at radius 2 is 2.18 bits per heavy atom. The molecule has 1 aliphatic carbocycles. The van der Waals surface area contributed by atoms with Gasteiger partial charge in [-0.15, -0.1) is 0 Å². The lowest BCUT2D eigenvalue weighted by Crippen LogP contribution is -2.17. The van der Waals surface area contributed by atoms with Crippen molar-refractivity contribution in [3.63, 3.8) is 0 Å². The van der Waals surface area contributed by atoms with Gasteiger partial charge >= 0.3 is 0 Å². The number of hydrogen-bond acceptors (Lipinski definition) is 4. The Labute approximate surface area is 106 Å². The summed E-state index contributed by atoms with van der Waals surface area (Å²) in [4.78, 5) is 19.2. The van der Waals surface area contributed by atoms with E-state index in [-0.39, 0.29) is 5.15 Å². The lowest BCUT2D eigenvalue weighted by Gasteiger charge is -2.15. The molecule has 0 unspecified atom stereocenters. The van der Waals surface area contributed by atoms with E-state index in [1.807, 2.05) is 0 Å². The van der Waals surface area contributed by atoms with E-state index in [0.29, 0.717) is 28.9 Å². The van der Waals surface area contributed by atoms with Gasteiger partial charge in [-0.05, 0) is 31.6 Å². The monoisotopic (exact) mass is 253 g/mol. The SMILES string of the molecule is CCC1(CNc2nc(C)nc(Cl)c2C=O)CC1. The summed E-state index contributed by atoms with van der Waals surface area (Å²) in [5.41, 5.74) is 0.745. The maximum absolute atomic E-state index is 11.0. The molecule has 1 heterocycles. The molecule has 1 aromatic heterocycles. The minimum Gasteiger partial charge on any atom is -0.369 e. The van der Waals surface area contributed by atoms with Crippen molar-refractivity contribution in [1.29, 1.82) is 0 Å². The van der Waals surface area contributed by atoms with Gasteiger partial charge in [0.15, 0.2) is 6.29 Å². The quantitative estimate of drug-likeness (QED) is 0.648. The van der Waals surface area contributed by atoms with Crippen molar-refractivity contribution in [2.24, 2.45) is 5.41 Å². The highest BCUT2D eigenvalue weighted by Gasteiger charge is 2.40. The summed E-state index contributed by atoms with van der Waals surface area (Å²) in [5.74, 6) is 1.13. The highest BCUT2D eigenvalue weighted by atomic mass is 35.5. The first-order valence-electron chi connectivity index (χ1n) is 5.83. The largest absolute Gasteiger partial charge is 0.369 e. The predicted molar refractivity (Wildman–Crippen MR) is 67.6 cm³/mol. The highest BCUT2D eigenvalue weighted by Crippen LogP contribution is 2.48. The lowest BCUT2D eigenvalue weighted by molar-refractivity contribution is 0.112. The number of nitrogens with zero attached hydrogens (tertiary/aromatic N) is 2. The lowest BCUT2D eigenvalue weighted by atomic mass is 10.0. The first-order valence-corrected chi connectivity index (χ1v) is 6.21. The fourth-order valence-corrected chi connectivity index (χ4v) is 2.15. The maximum atomic E-state index is 11.0. The molecule has 1 N–H and O–H groups in total. The number of halogens is 1. The fraction of sp³-hybridized carbons (Fsp3) is 0.583. The van der Waals surface area contributed by atoms with Gasteiger partial charge in [-0.2, -0.15) is 0 Å². The molecule has 1 fully saturated rings. The molecule has 1 aliphatic rings. The van der Waals surface area contributed by atoms with E-state index in [1.54, 1.807) is 6.92 Å². The Balaban J connectivity index is 2.17. The Hall–Kier alpha value is -1.16. The molecule has 0 aliphatic heterocycles. The van der Waals surface area contributed by atoms with E-state index >= 15 is 0 Å². The standard InChI is InChI=1S/C12H16ClN3O/c1-3-12(4-5-12)7-14-11-9(6-17)10(13)15-8(2)16-11/h6H,3-5,7H2,1-2H3,(H,14,15,16). The Bertz CT molecular complexity index is 444. The molecule has 92 valence electrons. The zero-order valence-electron chi connectivity index (χ0n) is 10.1. The van der Waals surface area contributed by atoms with Crippen LogP contribution >= 0.6 is 11.6 Å². The number of carbonyl (C=O) groups is 1. The fourth-order valence-electron chi connectivity index (χ4n) is 1.89. The van der Waals surface area contributed by atoms with Gasteiger partial charge in [0.1, 0.15) is 16.8 Å². The van der Waals surface area contributed by atoms with Crippen LogP contribution < -0.4 is 5.32 Å². The summed E-state index contributed by atoms with van der Waals surface area (Å²) >= 11 is 5.91. The number of aryl methyl sites for hydroxylation is 1. The smallest absolute Gasteiger partial charge is 0.156 e. The van der Waals surface area contributed by atoms with Crippen LogP contribution in [0.1, 0.15) is 42.4 Å². The van der Waals surface area contributed by atoms with Gasteiger partial charge in [0.05, 0.1) is 5.56 Å². The number of aromatic nitrogens is 2. The Kier molecular flexibility index (Phi) is 3.33. The predicted octanol–water partition coefficient (Wildman–Crippen LogP) is 2.85. The molecular weight excluding hydrogens is 238 g/mol. The van der Waals surface area contributed by atoms with Gasteiger partial charge in [-0.1, -0.05) is 18.5 Å². The molecule has 2 rings (SSSR count). The van der Waals surface area contributed by atoms with Crippen LogP contribution in [-0.2, 0) is 0 Å². The van der Waals surface area contributed by atoms with E-state index < -0.39 is 0 Å². The molecule has 0 amide bonds. The first kappa shape index (κ1) is 12.3. The second kappa shape index (κ2) is 4.61. The molecule has 0 atom stereocenters. The summed E-state index contributed by atoms with van der Waals surface area (Å²) < 4.78 is 0. The zero-order chi connectivity index (χ0) is 12.5. The van der Waals surface area contributed by atoms with Gasteiger partial charge in [0.2, 0.25) is 0 Å². The van der Waals surface area contributed by atoms with Crippen LogP contribution in [0.4, 0.5) is 5.82 Å². The number of hydrogen-bond donors (Lipinski definition) is 1. The molecule has 4 nitrogen and oxygen atoms in total. The molecule has 0 radical (unpaired) electrons. The highest BCUT2D eigenvalue weighted by molar-refractivity contribution is 6.32. The molecule has 1 saturated carbocycles. The van der Waals surface area contributed by atoms with E-state index in [4.69, 9.17) is 11.6 Å². The normalized spacial score (nSPS) is 16.6. The van der Waals surface area contributed by atoms with Crippen molar-refractivity contribution < 1.29 is 4.79 Å². The average molecular weight is 254 g/mol. The molecular formula is C12H16ClN3O. The van der Waals surface area contributed by atoms with Crippen molar-refractivity contribution in [2.45, 2.75) is 33.1 Å². The van der Waals surface area contributed by atoms with E-state index in [2.05, 4.69) is 22.2 Å². The summed E-state index contributed by atoms with van der Waals surface area (Å²) in [7, 11) is 0. The van der Waals surface area contributed by atoms with Crippen molar-refractivity contribution in [3.05, 3.63) is 16.5 Å². The van der Waals surface area contributed by atoms with Crippen LogP contribution in [0.25, 0.3) is 0 Å². The molecule has 17 heavy (non-hydrogen) atoms. The van der Waals surface area contributed by atoms with E-state index in [1.165, 1.54) is 12.8 Å². The van der Waals surface area contributed by atoms with Gasteiger partial charge in [0, 0.05) is 6.54 Å². The molecule has 0 spiro atoms. The maximum Gasteiger partial charge on any atom is 0.156 e. The molecule has 1 aromatic rings. The zero-order valence-corrected chi connectivity index (χ0v) is 10.8. The van der Waals surface area contributed by atoms with Crippen molar-refractivity contribution in [2.75, 3.05) is 11.9 Å². The molecule has 0 saturated heterocycles. The Morgan fingerprint density at radius 3 is 2.71 bits per heavy atom. The number of rotatable bonds is 5. The minimum absolute atomic E-state index is 0.219. The number of nitrogens with one attached hydrogen (secondary N) is 1. The van der Waals surface area contributed by atoms with Crippen LogP contribution in [0.3, 0.4) is 0 Å². The van der Waals surface area contributed by atoms with Gasteiger partial charge in [-0.25, -0.2) is 9.97 Å². The first-order chi connectivity index (χ1) is 8.10. The minimum atomic E-state index is 0.219. The number of anilines is 1. The Morgan fingerprint density at radius 1 is 1.47 bits per heavy atom. The van der Waals surface area contributed by atoms with Crippen LogP contribution in [0.5, 0.6) is 0 Å². The third kappa shape index (κ3) is 2.57. The summed E-state index contributed by atoms with van der Waals surface area (Å²) in [6.45, 7) is 4.79. The molecule has 0 aromatic carbocycles. The average Bonchev–Trinajstić information content (AvgIpc) is 3.06. The topological polar surface area (TPSA) is 54.9 Å². The number of aldehydes is 1. The second-order valence-electron chi connectivity index (χ2n) is 4.65. The third-order valence-corrected chi connectivity index (χ3v) is 3.75. The van der Waals surface area contributed by atoms with Crippen LogP contribution in [0.15, 0.2) is 0 Å². The van der Waals surface area contributed by atoms with Crippen LogP contribution in [0, 0.1) is 12.3 Å². The van der Waals surface area contributed by atoms with Crippen LogP contribution in [-0.4, -0.2) is 22.8 Å². The van der Waals surface area contributed by atoms with Gasteiger partial charge < -0.3 is 5.32 Å². The van der Waals surface area contributed by atoms with Crippen molar-refractivity contribution in [1.82, 2.24) is 9.97 Å². The number of carbonyl (C=O) groups excluding carboxylic acids is 1. The third-order valence-electron chi connectivity index (χ3n) is 3.47. The van der Waals surface area contributed by atoms with Crippen LogP contribution in [0.2, 0.25) is 5.15 Å². The summed E-state index contributed by atoms with van der Waals surface area (Å²) in [5, 5.41) is 3.45. The molecule has 5 heteroatoms. The van der Waals surface area contributed by atoms with Crippen molar-refractivity contribution in [3.8, 4) is 0 Å². The summed E-state index contributed by atoms with van der Waals surface area (Å²) in [6.07, 6.45) is 4.33. The summed E-state index contributed by atoms with van der Waals surface area (Å²) in [6, 6.07) is 0. The molecule has 0 bridgehead atoms.